The molecule has 0 spiro atoms. The van der Waals surface area contributed by atoms with E-state index >= 15 is 0 Å². The molecule has 1 heterocycles. The smallest absolute Gasteiger partial charge is 0.311 e. The van der Waals surface area contributed by atoms with E-state index in [1.165, 1.54) is 5.56 Å². The van der Waals surface area contributed by atoms with Gasteiger partial charge in [-0.25, -0.2) is 0 Å². The number of carboxylic acids is 1. The minimum Gasteiger partial charge on any atom is -0.493 e. The van der Waals surface area contributed by atoms with Gasteiger partial charge in [-0.15, -0.1) is 0 Å². The maximum atomic E-state index is 11.2. The molecule has 0 bridgehead atoms. The molecule has 1 aromatic carbocycles. The Morgan fingerprint density at radius 2 is 2.35 bits per heavy atom. The highest BCUT2D eigenvalue weighted by Crippen LogP contribution is 2.34. The normalized spacial score (nSPS) is 18.3. The van der Waals surface area contributed by atoms with Gasteiger partial charge in [0.1, 0.15) is 5.75 Å². The third kappa shape index (κ3) is 2.60. The fourth-order valence-corrected chi connectivity index (χ4v) is 2.24. The molecule has 1 atom stereocenters. The summed E-state index contributed by atoms with van der Waals surface area (Å²) in [5.41, 5.74) is 2.06. The molecule has 2 rings (SSSR count). The summed E-state index contributed by atoms with van der Waals surface area (Å²) in [7, 11) is 0. The lowest BCUT2D eigenvalue weighted by atomic mass is 9.91. The third-order valence-corrected chi connectivity index (χ3v) is 3.23. The van der Waals surface area contributed by atoms with Crippen LogP contribution in [0, 0.1) is 0 Å². The quantitative estimate of drug-likeness (QED) is 0.871. The summed E-state index contributed by atoms with van der Waals surface area (Å²) >= 11 is 0. The SMILES string of the molecule is CCCCc1ccc2c(c1)C(C(=O)O)CCO2. The van der Waals surface area contributed by atoms with E-state index in [2.05, 4.69) is 6.92 Å². The molecule has 3 nitrogen and oxygen atoms in total. The fourth-order valence-electron chi connectivity index (χ4n) is 2.24. The summed E-state index contributed by atoms with van der Waals surface area (Å²) in [5, 5.41) is 9.20. The highest BCUT2D eigenvalue weighted by Gasteiger charge is 2.27. The van der Waals surface area contributed by atoms with Gasteiger partial charge in [-0.2, -0.15) is 0 Å². The Morgan fingerprint density at radius 3 is 3.06 bits per heavy atom. The van der Waals surface area contributed by atoms with Crippen LogP contribution in [0.1, 0.15) is 43.2 Å². The number of hydrogen-bond acceptors (Lipinski definition) is 2. The summed E-state index contributed by atoms with van der Waals surface area (Å²) in [4.78, 5) is 11.2. The van der Waals surface area contributed by atoms with Gasteiger partial charge in [-0.1, -0.05) is 25.5 Å². The van der Waals surface area contributed by atoms with E-state index in [0.29, 0.717) is 13.0 Å². The zero-order chi connectivity index (χ0) is 12.3. The Bertz CT molecular complexity index is 412. The number of unbranched alkanes of at least 4 members (excludes halogenated alkanes) is 1. The Kier molecular flexibility index (Phi) is 3.67. The van der Waals surface area contributed by atoms with Gasteiger partial charge >= 0.3 is 5.97 Å². The van der Waals surface area contributed by atoms with Gasteiger partial charge in [-0.05, 0) is 30.9 Å². The molecule has 3 heteroatoms. The second kappa shape index (κ2) is 5.21. The number of aliphatic carboxylic acids is 1. The lowest BCUT2D eigenvalue weighted by Gasteiger charge is -2.23. The van der Waals surface area contributed by atoms with Crippen molar-refractivity contribution in [3.8, 4) is 5.75 Å². The molecular formula is C14H18O3. The maximum Gasteiger partial charge on any atom is 0.311 e. The number of aryl methyl sites for hydroxylation is 1. The first-order valence-electron chi connectivity index (χ1n) is 6.20. The van der Waals surface area contributed by atoms with E-state index in [1.54, 1.807) is 0 Å². The molecule has 1 aliphatic rings. The van der Waals surface area contributed by atoms with Gasteiger partial charge in [0.25, 0.3) is 0 Å². The fraction of sp³-hybridized carbons (Fsp3) is 0.500. The van der Waals surface area contributed by atoms with Gasteiger partial charge in [0, 0.05) is 5.56 Å². The molecule has 92 valence electrons. The van der Waals surface area contributed by atoms with Crippen molar-refractivity contribution in [1.29, 1.82) is 0 Å². The number of carbonyl (C=O) groups is 1. The summed E-state index contributed by atoms with van der Waals surface area (Å²) in [6, 6.07) is 5.96. The van der Waals surface area contributed by atoms with Crippen LogP contribution < -0.4 is 4.74 Å². The first-order valence-corrected chi connectivity index (χ1v) is 6.20. The van der Waals surface area contributed by atoms with Crippen LogP contribution in [0.5, 0.6) is 5.75 Å². The van der Waals surface area contributed by atoms with E-state index < -0.39 is 11.9 Å². The average molecular weight is 234 g/mol. The number of ether oxygens (including phenoxy) is 1. The van der Waals surface area contributed by atoms with Gasteiger partial charge in [0.2, 0.25) is 0 Å². The molecular weight excluding hydrogens is 216 g/mol. The minimum absolute atomic E-state index is 0.402. The van der Waals surface area contributed by atoms with Crippen molar-refractivity contribution in [2.75, 3.05) is 6.61 Å². The molecule has 1 aliphatic heterocycles. The maximum absolute atomic E-state index is 11.2. The molecule has 1 aromatic rings. The molecule has 1 N–H and O–H groups in total. The third-order valence-electron chi connectivity index (χ3n) is 3.23. The molecule has 0 saturated carbocycles. The molecule has 0 saturated heterocycles. The van der Waals surface area contributed by atoms with Crippen LogP contribution in [0.15, 0.2) is 18.2 Å². The molecule has 0 aromatic heterocycles. The van der Waals surface area contributed by atoms with Crippen LogP contribution in [0.3, 0.4) is 0 Å². The first-order chi connectivity index (χ1) is 8.22. The Labute approximate surface area is 101 Å². The molecule has 0 amide bonds. The topological polar surface area (TPSA) is 46.5 Å². The van der Waals surface area contributed by atoms with Crippen molar-refractivity contribution in [2.45, 2.75) is 38.5 Å². The summed E-state index contributed by atoms with van der Waals surface area (Å²) < 4.78 is 5.50. The van der Waals surface area contributed by atoms with Crippen molar-refractivity contribution in [3.63, 3.8) is 0 Å². The summed E-state index contributed by atoms with van der Waals surface area (Å²) in [6.45, 7) is 2.65. The van der Waals surface area contributed by atoms with Gasteiger partial charge < -0.3 is 9.84 Å². The summed E-state index contributed by atoms with van der Waals surface area (Å²) in [6.07, 6.45) is 3.86. The number of rotatable bonds is 4. The van der Waals surface area contributed by atoms with Crippen molar-refractivity contribution < 1.29 is 14.6 Å². The second-order valence-corrected chi connectivity index (χ2v) is 4.50. The van der Waals surface area contributed by atoms with Crippen LogP contribution >= 0.6 is 0 Å². The molecule has 1 unspecified atom stereocenters. The van der Waals surface area contributed by atoms with E-state index in [1.807, 2.05) is 18.2 Å². The van der Waals surface area contributed by atoms with Gasteiger partial charge in [0.15, 0.2) is 0 Å². The monoisotopic (exact) mass is 234 g/mol. The standard InChI is InChI=1S/C14H18O3/c1-2-3-4-10-5-6-13-12(9-10)11(14(15)16)7-8-17-13/h5-6,9,11H,2-4,7-8H2,1H3,(H,15,16). The van der Waals surface area contributed by atoms with Crippen molar-refractivity contribution >= 4 is 5.97 Å². The predicted octanol–water partition coefficient (Wildman–Crippen LogP) is 2.98. The molecule has 0 fully saturated rings. The minimum atomic E-state index is -0.748. The lowest BCUT2D eigenvalue weighted by molar-refractivity contribution is -0.139. The van der Waals surface area contributed by atoms with E-state index in [0.717, 1.165) is 30.6 Å². The van der Waals surface area contributed by atoms with E-state index in [4.69, 9.17) is 4.74 Å². The van der Waals surface area contributed by atoms with Gasteiger partial charge in [0.05, 0.1) is 12.5 Å². The average Bonchev–Trinajstić information content (AvgIpc) is 2.35. The van der Waals surface area contributed by atoms with Crippen LogP contribution in [0.25, 0.3) is 0 Å². The lowest BCUT2D eigenvalue weighted by Crippen LogP contribution is -2.21. The molecule has 0 radical (unpaired) electrons. The predicted molar refractivity (Wildman–Crippen MR) is 65.5 cm³/mol. The second-order valence-electron chi connectivity index (χ2n) is 4.50. The Hall–Kier alpha value is -1.51. The van der Waals surface area contributed by atoms with Crippen LogP contribution in [0.2, 0.25) is 0 Å². The summed E-state index contributed by atoms with van der Waals surface area (Å²) in [5.74, 6) is -0.411. The number of hydrogen-bond donors (Lipinski definition) is 1. The first kappa shape index (κ1) is 12.0. The highest BCUT2D eigenvalue weighted by atomic mass is 16.5. The highest BCUT2D eigenvalue weighted by molar-refractivity contribution is 5.77. The van der Waals surface area contributed by atoms with Crippen molar-refractivity contribution in [3.05, 3.63) is 29.3 Å². The zero-order valence-electron chi connectivity index (χ0n) is 10.1. The van der Waals surface area contributed by atoms with Crippen molar-refractivity contribution in [2.24, 2.45) is 0 Å². The number of fused-ring (bicyclic) bond motifs is 1. The molecule has 0 aliphatic carbocycles. The van der Waals surface area contributed by atoms with E-state index in [9.17, 15) is 9.90 Å². The largest absolute Gasteiger partial charge is 0.493 e. The van der Waals surface area contributed by atoms with Crippen LogP contribution in [-0.4, -0.2) is 17.7 Å². The van der Waals surface area contributed by atoms with E-state index in [-0.39, 0.29) is 0 Å². The van der Waals surface area contributed by atoms with Gasteiger partial charge in [-0.3, -0.25) is 4.79 Å². The van der Waals surface area contributed by atoms with Crippen molar-refractivity contribution in [1.82, 2.24) is 0 Å². The number of benzene rings is 1. The van der Waals surface area contributed by atoms with Crippen LogP contribution in [0.4, 0.5) is 0 Å². The Balaban J connectivity index is 2.27. The van der Waals surface area contributed by atoms with Crippen LogP contribution in [-0.2, 0) is 11.2 Å². The zero-order valence-corrected chi connectivity index (χ0v) is 10.1. The molecule has 17 heavy (non-hydrogen) atoms. The number of carboxylic acid groups (broad SMARTS) is 1. The Morgan fingerprint density at radius 1 is 1.53 bits per heavy atom.